The van der Waals surface area contributed by atoms with Gasteiger partial charge >= 0.3 is 0 Å². The summed E-state index contributed by atoms with van der Waals surface area (Å²) in [5.74, 6) is 2.40. The number of likely N-dealkylation sites (N-methyl/N-ethyl adjacent to an activating group) is 1. The molecule has 0 fully saturated rings. The van der Waals surface area contributed by atoms with Gasteiger partial charge < -0.3 is 25.0 Å². The fourth-order valence-corrected chi connectivity index (χ4v) is 4.26. The third kappa shape index (κ3) is 6.24. The van der Waals surface area contributed by atoms with Crippen LogP contribution in [0.25, 0.3) is 0 Å². The van der Waals surface area contributed by atoms with Crippen molar-refractivity contribution in [3.8, 4) is 11.6 Å². The molecule has 0 saturated carbocycles. The second-order valence-electron chi connectivity index (χ2n) is 9.54. The van der Waals surface area contributed by atoms with E-state index in [9.17, 15) is 4.79 Å². The number of carbonyl (C=O) groups is 1. The quantitative estimate of drug-likeness (QED) is 0.431. The van der Waals surface area contributed by atoms with Gasteiger partial charge in [-0.25, -0.2) is 9.97 Å². The Balaban J connectivity index is 0.00000380. The normalized spacial score (nSPS) is 14.8. The van der Waals surface area contributed by atoms with Crippen molar-refractivity contribution in [3.05, 3.63) is 41.5 Å². The van der Waals surface area contributed by atoms with Crippen LogP contribution < -0.4 is 25.0 Å². The van der Waals surface area contributed by atoms with Crippen LogP contribution in [0, 0.1) is 12.8 Å². The molecule has 0 unspecified atom stereocenters. The van der Waals surface area contributed by atoms with Crippen LogP contribution in [-0.4, -0.2) is 56.9 Å². The Morgan fingerprint density at radius 1 is 1.16 bits per heavy atom. The smallest absolute Gasteiger partial charge is 0.257 e. The highest BCUT2D eigenvalue weighted by Crippen LogP contribution is 2.34. The zero-order chi connectivity index (χ0) is 26.0. The minimum Gasteiger partial charge on any atom is -0.491 e. The van der Waals surface area contributed by atoms with Crippen LogP contribution in [0.3, 0.4) is 0 Å². The summed E-state index contributed by atoms with van der Waals surface area (Å²) in [7, 11) is 3.50. The van der Waals surface area contributed by atoms with E-state index in [4.69, 9.17) is 9.47 Å². The number of rotatable bonds is 9. The summed E-state index contributed by atoms with van der Waals surface area (Å²) in [5, 5.41) is 10.7. The van der Waals surface area contributed by atoms with Gasteiger partial charge in [0.05, 0.1) is 31.6 Å². The first-order valence-electron chi connectivity index (χ1n) is 12.0. The number of hydrogen-bond acceptors (Lipinski definition) is 9. The number of fused-ring (bicyclic) bond motifs is 1. The first-order valence-corrected chi connectivity index (χ1v) is 12.0. The summed E-state index contributed by atoms with van der Waals surface area (Å²) >= 11 is 0. The molecule has 2 N–H and O–H groups in total. The van der Waals surface area contributed by atoms with Crippen LogP contribution in [0.2, 0.25) is 0 Å². The lowest BCUT2D eigenvalue weighted by Gasteiger charge is -2.36. The Bertz CT molecular complexity index is 1250. The lowest BCUT2D eigenvalue weighted by molar-refractivity contribution is -0.118. The van der Waals surface area contributed by atoms with Crippen molar-refractivity contribution < 1.29 is 14.3 Å². The number of carbonyl (C=O) groups excluding carboxylic acids is 1. The van der Waals surface area contributed by atoms with E-state index in [1.54, 1.807) is 19.5 Å². The second-order valence-corrected chi connectivity index (χ2v) is 9.54. The van der Waals surface area contributed by atoms with Crippen LogP contribution >= 0.6 is 13.5 Å². The predicted octanol–water partition coefficient (Wildman–Crippen LogP) is 3.36. The molecule has 12 heteroatoms. The van der Waals surface area contributed by atoms with Crippen LogP contribution in [-0.2, 0) is 17.9 Å². The van der Waals surface area contributed by atoms with E-state index in [1.807, 2.05) is 63.5 Å². The average Bonchev–Trinajstić information content (AvgIpc) is 3.26. The number of hydrogen-bond donors (Lipinski definition) is 2. The maximum absolute atomic E-state index is 12.5. The maximum Gasteiger partial charge on any atom is 0.257 e. The highest BCUT2D eigenvalue weighted by Gasteiger charge is 2.35. The number of aromatic nitrogens is 5. The average molecular weight is 529 g/mol. The molecule has 0 bridgehead atoms. The number of ether oxygens (including phenoxy) is 2. The zero-order valence-electron chi connectivity index (χ0n) is 22.4. The molecule has 0 saturated heterocycles. The molecule has 0 spiro atoms. The van der Waals surface area contributed by atoms with Crippen LogP contribution in [0.1, 0.15) is 44.5 Å². The van der Waals surface area contributed by atoms with E-state index in [2.05, 4.69) is 30.7 Å². The lowest BCUT2D eigenvalue weighted by atomic mass is 9.99. The van der Waals surface area contributed by atoms with E-state index in [0.717, 1.165) is 11.1 Å². The van der Waals surface area contributed by atoms with Gasteiger partial charge in [-0.3, -0.25) is 9.48 Å². The molecule has 0 radical (unpaired) electrons. The SMILES string of the molecule is COc1cc(Cn2cc(CNc3nc(C)c4c(n3)N(C)[C@@H](C(C)C)C(=O)N4)cn2)cnc1OC(C)C.S. The van der Waals surface area contributed by atoms with E-state index >= 15 is 0 Å². The van der Waals surface area contributed by atoms with E-state index in [0.29, 0.717) is 47.9 Å². The minimum atomic E-state index is -0.281. The highest BCUT2D eigenvalue weighted by atomic mass is 32.1. The van der Waals surface area contributed by atoms with Gasteiger partial charge in [0.1, 0.15) is 11.7 Å². The Labute approximate surface area is 224 Å². The van der Waals surface area contributed by atoms with Crippen molar-refractivity contribution in [3.63, 3.8) is 0 Å². The molecule has 0 aliphatic carbocycles. The monoisotopic (exact) mass is 528 g/mol. The van der Waals surface area contributed by atoms with E-state index < -0.39 is 0 Å². The molecule has 11 nitrogen and oxygen atoms in total. The number of nitrogens with zero attached hydrogens (tertiary/aromatic N) is 6. The van der Waals surface area contributed by atoms with Crippen molar-refractivity contribution in [1.82, 2.24) is 24.7 Å². The van der Waals surface area contributed by atoms with Crippen molar-refractivity contribution in [2.45, 2.75) is 59.9 Å². The standard InChI is InChI=1S/C25H34N8O3.H2S/c1-14(2)21-23(34)30-20-16(5)29-25(31-22(20)32(21)6)27-10-18-11-28-33(13-18)12-17-8-19(35-7)24(26-9-17)36-15(3)4;/h8-9,11,13-15,21H,10,12H2,1-7H3,(H,30,34)(H,27,29,31);1H2/t21-;/m0./s1. The van der Waals surface area contributed by atoms with Gasteiger partial charge in [-0.1, -0.05) is 13.8 Å². The van der Waals surface area contributed by atoms with Crippen LogP contribution in [0.4, 0.5) is 17.5 Å². The second kappa shape index (κ2) is 11.7. The molecule has 0 aromatic carbocycles. The van der Waals surface area contributed by atoms with Crippen molar-refractivity contribution >= 4 is 36.9 Å². The number of aryl methyl sites for hydroxylation is 1. The third-order valence-corrected chi connectivity index (χ3v) is 5.89. The Morgan fingerprint density at radius 3 is 2.59 bits per heavy atom. The molecule has 3 aromatic rings. The molecule has 3 aromatic heterocycles. The number of pyridine rings is 1. The zero-order valence-corrected chi connectivity index (χ0v) is 23.4. The Morgan fingerprint density at radius 2 is 1.92 bits per heavy atom. The predicted molar refractivity (Wildman–Crippen MR) is 148 cm³/mol. The number of nitrogens with one attached hydrogen (secondary N) is 2. The molecular formula is C25H36N8O3S. The summed E-state index contributed by atoms with van der Waals surface area (Å²) in [5.41, 5.74) is 3.30. The Kier molecular flexibility index (Phi) is 8.85. The van der Waals surface area contributed by atoms with Gasteiger partial charge in [0.25, 0.3) is 5.88 Å². The molecule has 37 heavy (non-hydrogen) atoms. The first-order chi connectivity index (χ1) is 17.2. The van der Waals surface area contributed by atoms with E-state index in [-0.39, 0.29) is 37.5 Å². The summed E-state index contributed by atoms with van der Waals surface area (Å²) in [6.45, 7) is 10.9. The summed E-state index contributed by atoms with van der Waals surface area (Å²) in [6, 6.07) is 1.63. The lowest BCUT2D eigenvalue weighted by Crippen LogP contribution is -2.49. The van der Waals surface area contributed by atoms with Crippen molar-refractivity contribution in [2.24, 2.45) is 5.92 Å². The molecule has 1 atom stereocenters. The fraction of sp³-hybridized carbons (Fsp3) is 0.480. The molecule has 200 valence electrons. The number of methoxy groups -OCH3 is 1. The molecule has 1 aliphatic heterocycles. The fourth-order valence-electron chi connectivity index (χ4n) is 4.26. The highest BCUT2D eigenvalue weighted by molar-refractivity contribution is 7.59. The summed E-state index contributed by atoms with van der Waals surface area (Å²) < 4.78 is 13.0. The van der Waals surface area contributed by atoms with Gasteiger partial charge in [0.2, 0.25) is 11.9 Å². The minimum absolute atomic E-state index is 0. The molecule has 4 rings (SSSR count). The Hall–Kier alpha value is -3.54. The van der Waals surface area contributed by atoms with Gasteiger partial charge in [-0.05, 0) is 38.3 Å². The summed E-state index contributed by atoms with van der Waals surface area (Å²) in [6.07, 6.45) is 5.55. The summed E-state index contributed by atoms with van der Waals surface area (Å²) in [4.78, 5) is 28.1. The molecule has 1 amide bonds. The van der Waals surface area contributed by atoms with Gasteiger partial charge in [-0.2, -0.15) is 23.6 Å². The molecular weight excluding hydrogens is 492 g/mol. The van der Waals surface area contributed by atoms with Crippen LogP contribution in [0.15, 0.2) is 24.7 Å². The third-order valence-electron chi connectivity index (χ3n) is 5.89. The number of amides is 1. The largest absolute Gasteiger partial charge is 0.491 e. The van der Waals surface area contributed by atoms with Gasteiger partial charge in [-0.15, -0.1) is 0 Å². The molecule has 4 heterocycles. The first kappa shape index (κ1) is 28.0. The van der Waals surface area contributed by atoms with Gasteiger partial charge in [0, 0.05) is 31.5 Å². The molecule has 1 aliphatic rings. The maximum atomic E-state index is 12.5. The van der Waals surface area contributed by atoms with E-state index in [1.165, 1.54) is 0 Å². The van der Waals surface area contributed by atoms with Crippen molar-refractivity contribution in [2.75, 3.05) is 29.7 Å². The van der Waals surface area contributed by atoms with Crippen molar-refractivity contribution in [1.29, 1.82) is 0 Å². The number of anilines is 3. The van der Waals surface area contributed by atoms with Gasteiger partial charge in [0.15, 0.2) is 11.6 Å². The van der Waals surface area contributed by atoms with Crippen LogP contribution in [0.5, 0.6) is 11.6 Å². The topological polar surface area (TPSA) is 119 Å².